The number of hydrogen-bond donors (Lipinski definition) is 1. The van der Waals surface area contributed by atoms with Crippen LogP contribution in [0.4, 0.5) is 5.69 Å². The highest BCUT2D eigenvalue weighted by atomic mass is 32.1. The summed E-state index contributed by atoms with van der Waals surface area (Å²) in [5.74, 6) is 0. The fourth-order valence-electron chi connectivity index (χ4n) is 1.48. The zero-order valence-electron chi connectivity index (χ0n) is 9.28. The van der Waals surface area contributed by atoms with E-state index in [2.05, 4.69) is 31.3 Å². The Labute approximate surface area is 105 Å². The maximum atomic E-state index is 5.36. The number of anilines is 1. The molecule has 0 aliphatic carbocycles. The van der Waals surface area contributed by atoms with E-state index in [4.69, 9.17) is 12.2 Å². The number of hydrogen-bond acceptors (Lipinski definition) is 2. The molecule has 0 fully saturated rings. The maximum Gasteiger partial charge on any atom is 0.121 e. The van der Waals surface area contributed by atoms with Crippen molar-refractivity contribution in [3.63, 3.8) is 0 Å². The summed E-state index contributed by atoms with van der Waals surface area (Å²) in [6.07, 6.45) is 0. The van der Waals surface area contributed by atoms with Crippen molar-refractivity contribution in [3.8, 4) is 0 Å². The first-order chi connectivity index (χ1) is 7.68. The molecule has 0 aliphatic heterocycles. The molecule has 1 aromatic heterocycles. The highest BCUT2D eigenvalue weighted by Crippen LogP contribution is 2.20. The minimum atomic E-state index is 0.795. The van der Waals surface area contributed by atoms with Crippen LogP contribution in [0.2, 0.25) is 0 Å². The second-order valence-corrected chi connectivity index (χ2v) is 5.03. The second-order valence-electron chi connectivity index (χ2n) is 3.68. The second kappa shape index (κ2) is 4.76. The van der Waals surface area contributed by atoms with Gasteiger partial charge in [-0.05, 0) is 42.5 Å². The van der Waals surface area contributed by atoms with E-state index in [1.807, 2.05) is 23.6 Å². The highest BCUT2D eigenvalue weighted by molar-refractivity contribution is 7.81. The monoisotopic (exact) mass is 247 g/mol. The van der Waals surface area contributed by atoms with Gasteiger partial charge in [0.2, 0.25) is 0 Å². The molecule has 0 saturated heterocycles. The Morgan fingerprint density at radius 2 is 2.00 bits per heavy atom. The van der Waals surface area contributed by atoms with Gasteiger partial charge in [0.1, 0.15) is 4.99 Å². The third-order valence-electron chi connectivity index (χ3n) is 2.60. The lowest BCUT2D eigenvalue weighted by molar-refractivity contribution is 1.34. The minimum Gasteiger partial charge on any atom is -0.345 e. The molecule has 0 aliphatic rings. The van der Waals surface area contributed by atoms with E-state index in [-0.39, 0.29) is 0 Å². The third-order valence-corrected chi connectivity index (χ3v) is 3.94. The third kappa shape index (κ3) is 2.31. The fraction of sp³-hybridized carbons (Fsp3) is 0.154. The summed E-state index contributed by atoms with van der Waals surface area (Å²) in [6.45, 7) is 4.21. The lowest BCUT2D eigenvalue weighted by Gasteiger charge is -2.11. The predicted molar refractivity (Wildman–Crippen MR) is 75.6 cm³/mol. The van der Waals surface area contributed by atoms with Crippen molar-refractivity contribution in [1.29, 1.82) is 0 Å². The quantitative estimate of drug-likeness (QED) is 0.800. The van der Waals surface area contributed by atoms with E-state index in [1.54, 1.807) is 11.3 Å². The molecule has 0 saturated carbocycles. The Morgan fingerprint density at radius 3 is 2.69 bits per heavy atom. The first kappa shape index (κ1) is 11.3. The van der Waals surface area contributed by atoms with Crippen molar-refractivity contribution in [2.24, 2.45) is 0 Å². The molecular formula is C13H13NS2. The molecule has 1 N–H and O–H groups in total. The summed E-state index contributed by atoms with van der Waals surface area (Å²) < 4.78 is 0. The minimum absolute atomic E-state index is 0.795. The number of benzene rings is 1. The molecule has 2 aromatic rings. The van der Waals surface area contributed by atoms with E-state index in [1.165, 1.54) is 11.1 Å². The zero-order chi connectivity index (χ0) is 11.5. The van der Waals surface area contributed by atoms with Gasteiger partial charge in [0, 0.05) is 5.69 Å². The van der Waals surface area contributed by atoms with Crippen LogP contribution in [-0.2, 0) is 0 Å². The van der Waals surface area contributed by atoms with Crippen molar-refractivity contribution in [2.45, 2.75) is 13.8 Å². The van der Waals surface area contributed by atoms with Gasteiger partial charge in [-0.3, -0.25) is 0 Å². The van der Waals surface area contributed by atoms with Crippen molar-refractivity contribution >= 4 is 34.2 Å². The normalized spacial score (nSPS) is 10.1. The Hall–Kier alpha value is -1.19. The van der Waals surface area contributed by atoms with Gasteiger partial charge in [0.25, 0.3) is 0 Å². The van der Waals surface area contributed by atoms with Gasteiger partial charge in [-0.25, -0.2) is 0 Å². The molecular weight excluding hydrogens is 234 g/mol. The molecule has 1 nitrogen and oxygen atoms in total. The summed E-state index contributed by atoms with van der Waals surface area (Å²) >= 11 is 7.02. The molecule has 82 valence electrons. The van der Waals surface area contributed by atoms with Crippen LogP contribution < -0.4 is 5.32 Å². The number of thiophene rings is 1. The number of thiocarbonyl (C=S) groups is 1. The number of nitrogens with one attached hydrogen (secondary N) is 1. The molecule has 16 heavy (non-hydrogen) atoms. The van der Waals surface area contributed by atoms with Crippen LogP contribution in [0, 0.1) is 13.8 Å². The summed E-state index contributed by atoms with van der Waals surface area (Å²) in [5.41, 5.74) is 3.62. The van der Waals surface area contributed by atoms with Gasteiger partial charge in [0.15, 0.2) is 0 Å². The maximum absolute atomic E-state index is 5.36. The summed E-state index contributed by atoms with van der Waals surface area (Å²) in [6, 6.07) is 10.3. The van der Waals surface area contributed by atoms with Gasteiger partial charge < -0.3 is 5.32 Å². The number of rotatable bonds is 2. The van der Waals surface area contributed by atoms with Crippen LogP contribution >= 0.6 is 23.6 Å². The van der Waals surface area contributed by atoms with E-state index in [0.717, 1.165) is 15.6 Å². The summed E-state index contributed by atoms with van der Waals surface area (Å²) in [5, 5.41) is 5.33. The van der Waals surface area contributed by atoms with Crippen LogP contribution in [0.25, 0.3) is 0 Å². The average Bonchev–Trinajstić information content (AvgIpc) is 2.78. The lowest BCUT2D eigenvalue weighted by atomic mass is 10.1. The predicted octanol–water partition coefficient (Wildman–Crippen LogP) is 4.15. The molecule has 0 amide bonds. The van der Waals surface area contributed by atoms with Gasteiger partial charge >= 0.3 is 0 Å². The Kier molecular flexibility index (Phi) is 3.36. The Balaban J connectivity index is 2.22. The van der Waals surface area contributed by atoms with E-state index >= 15 is 0 Å². The SMILES string of the molecule is Cc1cccc(NC(=S)c2cccs2)c1C. The summed E-state index contributed by atoms with van der Waals surface area (Å²) in [4.78, 5) is 1.90. The molecule has 0 spiro atoms. The molecule has 1 aromatic carbocycles. The molecule has 1 heterocycles. The van der Waals surface area contributed by atoms with E-state index in [9.17, 15) is 0 Å². The zero-order valence-corrected chi connectivity index (χ0v) is 10.9. The van der Waals surface area contributed by atoms with Gasteiger partial charge in [-0.2, -0.15) is 0 Å². The average molecular weight is 247 g/mol. The van der Waals surface area contributed by atoms with Crippen LogP contribution in [0.15, 0.2) is 35.7 Å². The molecule has 0 atom stereocenters. The van der Waals surface area contributed by atoms with E-state index in [0.29, 0.717) is 0 Å². The van der Waals surface area contributed by atoms with Crippen LogP contribution in [-0.4, -0.2) is 4.99 Å². The first-order valence-corrected chi connectivity index (χ1v) is 6.38. The van der Waals surface area contributed by atoms with Crippen LogP contribution in [0.3, 0.4) is 0 Å². The molecule has 0 bridgehead atoms. The molecule has 0 radical (unpaired) electrons. The fourth-order valence-corrected chi connectivity index (χ4v) is 2.42. The topological polar surface area (TPSA) is 12.0 Å². The van der Waals surface area contributed by atoms with Crippen molar-refractivity contribution < 1.29 is 0 Å². The molecule has 3 heteroatoms. The van der Waals surface area contributed by atoms with E-state index < -0.39 is 0 Å². The van der Waals surface area contributed by atoms with Crippen molar-refractivity contribution in [2.75, 3.05) is 5.32 Å². The smallest absolute Gasteiger partial charge is 0.121 e. The first-order valence-electron chi connectivity index (χ1n) is 5.09. The number of aryl methyl sites for hydroxylation is 1. The Morgan fingerprint density at radius 1 is 1.19 bits per heavy atom. The summed E-state index contributed by atoms with van der Waals surface area (Å²) in [7, 11) is 0. The molecule has 2 rings (SSSR count). The van der Waals surface area contributed by atoms with Crippen LogP contribution in [0.1, 0.15) is 16.0 Å². The van der Waals surface area contributed by atoms with Gasteiger partial charge in [0.05, 0.1) is 4.88 Å². The van der Waals surface area contributed by atoms with Gasteiger partial charge in [-0.1, -0.05) is 30.4 Å². The van der Waals surface area contributed by atoms with Gasteiger partial charge in [-0.15, -0.1) is 11.3 Å². The lowest BCUT2D eigenvalue weighted by Crippen LogP contribution is -2.10. The molecule has 0 unspecified atom stereocenters. The Bertz CT molecular complexity index is 501. The van der Waals surface area contributed by atoms with Crippen molar-refractivity contribution in [3.05, 3.63) is 51.7 Å². The highest BCUT2D eigenvalue weighted by Gasteiger charge is 2.05. The largest absolute Gasteiger partial charge is 0.345 e. The standard InChI is InChI=1S/C13H13NS2/c1-9-5-3-6-11(10(9)2)14-13(15)12-7-4-8-16-12/h3-8H,1-2H3,(H,14,15). The van der Waals surface area contributed by atoms with Crippen LogP contribution in [0.5, 0.6) is 0 Å². The van der Waals surface area contributed by atoms with Crippen molar-refractivity contribution in [1.82, 2.24) is 0 Å².